The van der Waals surface area contributed by atoms with E-state index in [9.17, 15) is 9.18 Å². The van der Waals surface area contributed by atoms with Crippen molar-refractivity contribution in [3.63, 3.8) is 0 Å². The molecule has 4 rings (SSSR count). The van der Waals surface area contributed by atoms with Gasteiger partial charge in [0.2, 0.25) is 17.6 Å². The number of nitrogens with one attached hydrogen (secondary N) is 1. The molecule has 0 unspecified atom stereocenters. The highest BCUT2D eigenvalue weighted by Crippen LogP contribution is 2.24. The van der Waals surface area contributed by atoms with Crippen LogP contribution in [0, 0.1) is 12.7 Å². The predicted molar refractivity (Wildman–Crippen MR) is 110 cm³/mol. The monoisotopic (exact) mass is 424 g/mol. The fourth-order valence-corrected chi connectivity index (χ4v) is 3.35. The number of aryl methyl sites for hydroxylation is 1. The lowest BCUT2D eigenvalue weighted by Crippen LogP contribution is -2.14. The number of carbonyl (C=O) groups excluding carboxylic acids is 1. The Kier molecular flexibility index (Phi) is 5.57. The molecule has 10 heteroatoms. The molecule has 1 N–H and O–H groups in total. The van der Waals surface area contributed by atoms with Crippen LogP contribution in [0.3, 0.4) is 0 Å². The lowest BCUT2D eigenvalue weighted by molar-refractivity contribution is -0.113. The number of halogens is 1. The molecule has 8 nitrogen and oxygen atoms in total. The number of hydrogen-bond donors (Lipinski definition) is 1. The molecule has 0 aliphatic heterocycles. The van der Waals surface area contributed by atoms with E-state index in [1.54, 1.807) is 30.7 Å². The number of hydrogen-bond acceptors (Lipinski definition) is 7. The number of rotatable bonds is 6. The lowest BCUT2D eigenvalue weighted by atomic mass is 10.2. The number of amides is 1. The van der Waals surface area contributed by atoms with E-state index in [-0.39, 0.29) is 23.4 Å². The van der Waals surface area contributed by atoms with Crippen molar-refractivity contribution >= 4 is 23.4 Å². The Hall–Kier alpha value is -3.53. The molecule has 30 heavy (non-hydrogen) atoms. The van der Waals surface area contributed by atoms with Gasteiger partial charge in [0, 0.05) is 18.3 Å². The molecule has 0 aliphatic rings. The van der Waals surface area contributed by atoms with Crippen molar-refractivity contribution in [3.8, 4) is 23.1 Å². The summed E-state index contributed by atoms with van der Waals surface area (Å²) in [6.45, 7) is 1.66. The van der Waals surface area contributed by atoms with E-state index in [2.05, 4.69) is 25.7 Å². The summed E-state index contributed by atoms with van der Waals surface area (Å²) in [7, 11) is 1.75. The number of nitrogens with zero attached hydrogens (tertiary/aromatic N) is 5. The fourth-order valence-electron chi connectivity index (χ4n) is 2.64. The first-order valence-electron chi connectivity index (χ1n) is 8.99. The molecule has 2 aromatic carbocycles. The molecule has 2 aromatic heterocycles. The van der Waals surface area contributed by atoms with Crippen molar-refractivity contribution in [1.29, 1.82) is 0 Å². The standard InChI is InChI=1S/C20H17FN6O2S/c1-12-8-9-14(10-15(12)21)22-16(28)11-30-20-25-24-18(27(20)2)19-23-17(26-29-19)13-6-4-3-5-7-13/h3-10H,11H2,1-2H3,(H,22,28). The normalized spacial score (nSPS) is 10.9. The van der Waals surface area contributed by atoms with E-state index in [1.807, 2.05) is 30.3 Å². The van der Waals surface area contributed by atoms with Crippen molar-refractivity contribution in [2.45, 2.75) is 12.1 Å². The summed E-state index contributed by atoms with van der Waals surface area (Å²) in [6, 6.07) is 14.0. The van der Waals surface area contributed by atoms with E-state index in [0.717, 1.165) is 5.56 Å². The molecule has 0 saturated heterocycles. The molecule has 2 heterocycles. The molecule has 152 valence electrons. The van der Waals surface area contributed by atoms with Gasteiger partial charge in [0.25, 0.3) is 5.89 Å². The Morgan fingerprint density at radius 2 is 2.00 bits per heavy atom. The van der Waals surface area contributed by atoms with Crippen LogP contribution in [0.15, 0.2) is 58.2 Å². The molecule has 0 saturated carbocycles. The molecule has 0 aliphatic carbocycles. The van der Waals surface area contributed by atoms with Crippen LogP contribution in [-0.2, 0) is 11.8 Å². The van der Waals surface area contributed by atoms with E-state index in [4.69, 9.17) is 4.52 Å². The average Bonchev–Trinajstić information content (AvgIpc) is 3.37. The Labute approximate surface area is 175 Å². The van der Waals surface area contributed by atoms with Gasteiger partial charge >= 0.3 is 0 Å². The van der Waals surface area contributed by atoms with Crippen molar-refractivity contribution in [3.05, 3.63) is 59.9 Å². The largest absolute Gasteiger partial charge is 0.330 e. The molecule has 4 aromatic rings. The molecule has 1 amide bonds. The van der Waals surface area contributed by atoms with Crippen LogP contribution >= 0.6 is 11.8 Å². The molecule has 0 radical (unpaired) electrons. The summed E-state index contributed by atoms with van der Waals surface area (Å²) in [4.78, 5) is 16.5. The first-order valence-corrected chi connectivity index (χ1v) is 9.97. The smallest absolute Gasteiger partial charge is 0.296 e. The zero-order valence-electron chi connectivity index (χ0n) is 16.2. The number of anilines is 1. The molecular weight excluding hydrogens is 407 g/mol. The minimum Gasteiger partial charge on any atom is -0.330 e. The maximum atomic E-state index is 13.6. The highest BCUT2D eigenvalue weighted by atomic mass is 32.2. The van der Waals surface area contributed by atoms with Gasteiger partial charge in [-0.15, -0.1) is 10.2 Å². The number of aromatic nitrogens is 5. The molecule has 0 bridgehead atoms. The summed E-state index contributed by atoms with van der Waals surface area (Å²) < 4.78 is 20.6. The predicted octanol–water partition coefficient (Wildman–Crippen LogP) is 3.71. The molecular formula is C20H17FN6O2S. The SMILES string of the molecule is Cc1ccc(NC(=O)CSc2nnc(-c3nc(-c4ccccc4)no3)n2C)cc1F. The summed E-state index contributed by atoms with van der Waals surface area (Å²) >= 11 is 1.19. The number of benzene rings is 2. The van der Waals surface area contributed by atoms with Crippen LogP contribution in [0.1, 0.15) is 5.56 Å². The summed E-state index contributed by atoms with van der Waals surface area (Å²) in [6.07, 6.45) is 0. The van der Waals surface area contributed by atoms with Crippen LogP contribution < -0.4 is 5.32 Å². The van der Waals surface area contributed by atoms with E-state index in [0.29, 0.717) is 28.1 Å². The summed E-state index contributed by atoms with van der Waals surface area (Å²) in [5.41, 5.74) is 1.75. The average molecular weight is 424 g/mol. The molecule has 0 spiro atoms. The minimum absolute atomic E-state index is 0.0839. The van der Waals surface area contributed by atoms with Gasteiger partial charge in [-0.1, -0.05) is 53.3 Å². The second kappa shape index (κ2) is 8.46. The Bertz CT molecular complexity index is 1190. The van der Waals surface area contributed by atoms with Crippen molar-refractivity contribution in [1.82, 2.24) is 24.9 Å². The quantitative estimate of drug-likeness (QED) is 0.471. The zero-order chi connectivity index (χ0) is 21.1. The highest BCUT2D eigenvalue weighted by molar-refractivity contribution is 7.99. The van der Waals surface area contributed by atoms with Gasteiger partial charge in [0.1, 0.15) is 5.82 Å². The van der Waals surface area contributed by atoms with Crippen LogP contribution in [0.25, 0.3) is 23.1 Å². The van der Waals surface area contributed by atoms with Crippen molar-refractivity contribution in [2.75, 3.05) is 11.1 Å². The third-order valence-electron chi connectivity index (χ3n) is 4.27. The molecule has 0 atom stereocenters. The zero-order valence-corrected chi connectivity index (χ0v) is 17.0. The Morgan fingerprint density at radius 1 is 1.20 bits per heavy atom. The van der Waals surface area contributed by atoms with Gasteiger partial charge in [0.05, 0.1) is 5.75 Å². The highest BCUT2D eigenvalue weighted by Gasteiger charge is 2.19. The second-order valence-electron chi connectivity index (χ2n) is 6.46. The second-order valence-corrected chi connectivity index (χ2v) is 7.40. The van der Waals surface area contributed by atoms with Gasteiger partial charge < -0.3 is 14.4 Å². The maximum Gasteiger partial charge on any atom is 0.296 e. The number of carbonyl (C=O) groups is 1. The first-order chi connectivity index (χ1) is 14.5. The number of thioether (sulfide) groups is 1. The van der Waals surface area contributed by atoms with Gasteiger partial charge in [-0.05, 0) is 24.6 Å². The minimum atomic E-state index is -0.368. The third-order valence-corrected chi connectivity index (χ3v) is 5.29. The van der Waals surface area contributed by atoms with Crippen LogP contribution in [0.5, 0.6) is 0 Å². The lowest BCUT2D eigenvalue weighted by Gasteiger charge is -2.06. The van der Waals surface area contributed by atoms with Crippen molar-refractivity contribution < 1.29 is 13.7 Å². The van der Waals surface area contributed by atoms with Crippen molar-refractivity contribution in [2.24, 2.45) is 7.05 Å². The van der Waals surface area contributed by atoms with E-state index >= 15 is 0 Å². The van der Waals surface area contributed by atoms with Crippen LogP contribution in [-0.4, -0.2) is 36.6 Å². The van der Waals surface area contributed by atoms with Gasteiger partial charge in [-0.2, -0.15) is 4.98 Å². The molecule has 0 fully saturated rings. The maximum absolute atomic E-state index is 13.6. The third kappa shape index (κ3) is 4.23. The van der Waals surface area contributed by atoms with E-state index in [1.165, 1.54) is 17.8 Å². The topological polar surface area (TPSA) is 98.7 Å². The van der Waals surface area contributed by atoms with Crippen LogP contribution in [0.2, 0.25) is 0 Å². The Balaban J connectivity index is 1.42. The first kappa shape index (κ1) is 19.8. The van der Waals surface area contributed by atoms with Gasteiger partial charge in [-0.25, -0.2) is 4.39 Å². The fraction of sp³-hybridized carbons (Fsp3) is 0.150. The van der Waals surface area contributed by atoms with Gasteiger partial charge in [0.15, 0.2) is 5.16 Å². The van der Waals surface area contributed by atoms with E-state index < -0.39 is 0 Å². The Morgan fingerprint density at radius 3 is 2.77 bits per heavy atom. The van der Waals surface area contributed by atoms with Crippen LogP contribution in [0.4, 0.5) is 10.1 Å². The summed E-state index contributed by atoms with van der Waals surface area (Å²) in [5, 5.41) is 15.3. The summed E-state index contributed by atoms with van der Waals surface area (Å²) in [5.74, 6) is 0.515. The van der Waals surface area contributed by atoms with Gasteiger partial charge in [-0.3, -0.25) is 4.79 Å².